The molecule has 1 aromatic rings. The van der Waals surface area contributed by atoms with Gasteiger partial charge in [-0.3, -0.25) is 14.9 Å². The molecule has 1 aromatic heterocycles. The molecule has 92 valence electrons. The van der Waals surface area contributed by atoms with Crippen molar-refractivity contribution in [2.45, 2.75) is 6.92 Å². The van der Waals surface area contributed by atoms with Crippen molar-refractivity contribution < 1.29 is 9.72 Å². The molecule has 0 aliphatic carbocycles. The second-order valence-corrected chi connectivity index (χ2v) is 3.35. The Bertz CT molecular complexity index is 448. The van der Waals surface area contributed by atoms with Gasteiger partial charge in [-0.15, -0.1) is 0 Å². The first-order chi connectivity index (χ1) is 7.93. The molecule has 0 atom stereocenters. The molecule has 0 aliphatic rings. The van der Waals surface area contributed by atoms with Crippen molar-refractivity contribution in [1.29, 1.82) is 0 Å². The number of primary amides is 1. The van der Waals surface area contributed by atoms with Gasteiger partial charge in [0.05, 0.1) is 23.6 Å². The molecule has 0 aliphatic heterocycles. The lowest BCUT2D eigenvalue weighted by molar-refractivity contribution is -0.384. The van der Waals surface area contributed by atoms with Gasteiger partial charge in [-0.05, 0) is 6.92 Å². The summed E-state index contributed by atoms with van der Waals surface area (Å²) in [4.78, 5) is 26.4. The molecule has 0 bridgehead atoms. The van der Waals surface area contributed by atoms with Crippen LogP contribution in [0, 0.1) is 10.1 Å². The predicted molar refractivity (Wildman–Crippen MR) is 62.4 cm³/mol. The van der Waals surface area contributed by atoms with Crippen molar-refractivity contribution in [2.24, 2.45) is 5.73 Å². The van der Waals surface area contributed by atoms with E-state index in [1.54, 1.807) is 6.92 Å². The van der Waals surface area contributed by atoms with Gasteiger partial charge in [0.1, 0.15) is 11.6 Å². The number of nitro groups is 1. The molecule has 0 spiro atoms. The van der Waals surface area contributed by atoms with Crippen molar-refractivity contribution in [1.82, 2.24) is 4.98 Å². The molecule has 0 aromatic carbocycles. The quantitative estimate of drug-likeness (QED) is 0.544. The largest absolute Gasteiger partial charge is 0.383 e. The number of nitrogens with zero attached hydrogens (tertiary/aromatic N) is 3. The maximum Gasteiger partial charge on any atom is 0.276 e. The van der Waals surface area contributed by atoms with Crippen LogP contribution in [0.15, 0.2) is 12.1 Å². The SMILES string of the molecule is CCN(CC(N)=O)c1cc([N+](=O)[O-])cc(N)n1. The molecule has 8 heteroatoms. The number of rotatable bonds is 5. The van der Waals surface area contributed by atoms with Crippen molar-refractivity contribution in [3.05, 3.63) is 22.2 Å². The Kier molecular flexibility index (Phi) is 3.81. The lowest BCUT2D eigenvalue weighted by Crippen LogP contribution is -2.34. The lowest BCUT2D eigenvalue weighted by atomic mass is 10.3. The number of likely N-dealkylation sites (N-methyl/N-ethyl adjacent to an activating group) is 1. The topological polar surface area (TPSA) is 128 Å². The highest BCUT2D eigenvalue weighted by molar-refractivity contribution is 5.79. The molecule has 1 rings (SSSR count). The molecule has 8 nitrogen and oxygen atoms in total. The first-order valence-electron chi connectivity index (χ1n) is 4.89. The fourth-order valence-corrected chi connectivity index (χ4v) is 1.33. The Morgan fingerprint density at radius 1 is 1.59 bits per heavy atom. The van der Waals surface area contributed by atoms with E-state index < -0.39 is 10.8 Å². The molecule has 0 radical (unpaired) electrons. The van der Waals surface area contributed by atoms with Crippen molar-refractivity contribution in [3.63, 3.8) is 0 Å². The smallest absolute Gasteiger partial charge is 0.276 e. The average Bonchev–Trinajstić information content (AvgIpc) is 2.24. The third kappa shape index (κ3) is 3.30. The van der Waals surface area contributed by atoms with Crippen LogP contribution in [-0.2, 0) is 4.79 Å². The molecule has 0 fully saturated rings. The third-order valence-electron chi connectivity index (χ3n) is 2.08. The Labute approximate surface area is 97.4 Å². The fraction of sp³-hybridized carbons (Fsp3) is 0.333. The maximum absolute atomic E-state index is 10.8. The van der Waals surface area contributed by atoms with Crippen LogP contribution in [0.2, 0.25) is 0 Å². The van der Waals surface area contributed by atoms with E-state index in [0.717, 1.165) is 6.07 Å². The van der Waals surface area contributed by atoms with Crippen LogP contribution in [0.1, 0.15) is 6.92 Å². The minimum atomic E-state index is -0.570. The number of carbonyl (C=O) groups excluding carboxylic acids is 1. The van der Waals surface area contributed by atoms with Gasteiger partial charge in [-0.2, -0.15) is 0 Å². The van der Waals surface area contributed by atoms with Crippen LogP contribution in [0.3, 0.4) is 0 Å². The monoisotopic (exact) mass is 239 g/mol. The summed E-state index contributed by atoms with van der Waals surface area (Å²) in [5, 5.41) is 10.7. The zero-order chi connectivity index (χ0) is 13.0. The zero-order valence-electron chi connectivity index (χ0n) is 9.29. The van der Waals surface area contributed by atoms with E-state index in [1.807, 2.05) is 0 Å². The van der Waals surface area contributed by atoms with E-state index in [4.69, 9.17) is 11.5 Å². The summed E-state index contributed by atoms with van der Waals surface area (Å²) in [5.74, 6) is -0.256. The number of pyridine rings is 1. The molecule has 1 heterocycles. The Morgan fingerprint density at radius 2 is 2.24 bits per heavy atom. The summed E-state index contributed by atoms with van der Waals surface area (Å²) in [6.45, 7) is 2.15. The number of nitrogens with two attached hydrogens (primary N) is 2. The molecule has 0 unspecified atom stereocenters. The van der Waals surface area contributed by atoms with E-state index in [0.29, 0.717) is 6.54 Å². The van der Waals surface area contributed by atoms with Gasteiger partial charge < -0.3 is 16.4 Å². The Balaban J connectivity index is 3.10. The molecular weight excluding hydrogens is 226 g/mol. The van der Waals surface area contributed by atoms with Gasteiger partial charge in [-0.25, -0.2) is 4.98 Å². The number of anilines is 2. The highest BCUT2D eigenvalue weighted by Gasteiger charge is 2.15. The van der Waals surface area contributed by atoms with Crippen LogP contribution in [0.4, 0.5) is 17.3 Å². The van der Waals surface area contributed by atoms with Crippen LogP contribution in [0.5, 0.6) is 0 Å². The molecule has 4 N–H and O–H groups in total. The average molecular weight is 239 g/mol. The number of amides is 1. The maximum atomic E-state index is 10.8. The van der Waals surface area contributed by atoms with Crippen LogP contribution >= 0.6 is 0 Å². The molecule has 17 heavy (non-hydrogen) atoms. The minimum Gasteiger partial charge on any atom is -0.383 e. The highest BCUT2D eigenvalue weighted by atomic mass is 16.6. The van der Waals surface area contributed by atoms with E-state index in [9.17, 15) is 14.9 Å². The second-order valence-electron chi connectivity index (χ2n) is 3.35. The molecule has 0 saturated carbocycles. The van der Waals surface area contributed by atoms with Gasteiger partial charge in [0.15, 0.2) is 0 Å². The second kappa shape index (κ2) is 5.10. The van der Waals surface area contributed by atoms with Gasteiger partial charge in [0.25, 0.3) is 5.69 Å². The highest BCUT2D eigenvalue weighted by Crippen LogP contribution is 2.21. The summed E-state index contributed by atoms with van der Waals surface area (Å²) in [6, 6.07) is 2.41. The number of nitrogen functional groups attached to an aromatic ring is 1. The number of hydrogen-bond donors (Lipinski definition) is 2. The Hall–Kier alpha value is -2.38. The lowest BCUT2D eigenvalue weighted by Gasteiger charge is -2.19. The van der Waals surface area contributed by atoms with E-state index in [2.05, 4.69) is 4.98 Å². The summed E-state index contributed by atoms with van der Waals surface area (Å²) < 4.78 is 0. The molecular formula is C9H13N5O3. The first-order valence-corrected chi connectivity index (χ1v) is 4.89. The summed E-state index contributed by atoms with van der Waals surface area (Å²) >= 11 is 0. The third-order valence-corrected chi connectivity index (χ3v) is 2.08. The number of carbonyl (C=O) groups is 1. The van der Waals surface area contributed by atoms with Gasteiger partial charge >= 0.3 is 0 Å². The van der Waals surface area contributed by atoms with Gasteiger partial charge in [0, 0.05) is 6.54 Å². The number of hydrogen-bond acceptors (Lipinski definition) is 6. The van der Waals surface area contributed by atoms with E-state index in [-0.39, 0.29) is 23.9 Å². The van der Waals surface area contributed by atoms with Crippen molar-refractivity contribution in [3.8, 4) is 0 Å². The zero-order valence-corrected chi connectivity index (χ0v) is 9.29. The van der Waals surface area contributed by atoms with Gasteiger partial charge in [0.2, 0.25) is 5.91 Å². The summed E-state index contributed by atoms with van der Waals surface area (Å²) in [7, 11) is 0. The molecule has 1 amide bonds. The van der Waals surface area contributed by atoms with Crippen LogP contribution in [0.25, 0.3) is 0 Å². The van der Waals surface area contributed by atoms with E-state index in [1.165, 1.54) is 11.0 Å². The van der Waals surface area contributed by atoms with E-state index >= 15 is 0 Å². The first kappa shape index (κ1) is 12.7. The normalized spacial score (nSPS) is 9.94. The van der Waals surface area contributed by atoms with Crippen LogP contribution in [-0.4, -0.2) is 28.9 Å². The summed E-state index contributed by atoms with van der Waals surface area (Å²) in [6.07, 6.45) is 0. The fourth-order valence-electron chi connectivity index (χ4n) is 1.33. The van der Waals surface area contributed by atoms with Crippen LogP contribution < -0.4 is 16.4 Å². The Morgan fingerprint density at radius 3 is 2.71 bits per heavy atom. The number of aromatic nitrogens is 1. The minimum absolute atomic E-state index is 0.0251. The van der Waals surface area contributed by atoms with Gasteiger partial charge in [-0.1, -0.05) is 0 Å². The predicted octanol–water partition coefficient (Wildman–Crippen LogP) is -0.116. The molecule has 0 saturated heterocycles. The van der Waals surface area contributed by atoms with Crippen molar-refractivity contribution >= 4 is 23.2 Å². The summed E-state index contributed by atoms with van der Waals surface area (Å²) in [5.41, 5.74) is 10.4. The standard InChI is InChI=1S/C9H13N5O3/c1-2-13(5-8(11)15)9-4-6(14(16)17)3-7(10)12-9/h3-4H,2,5H2,1H3,(H2,10,12)(H2,11,15). The van der Waals surface area contributed by atoms with Crippen molar-refractivity contribution in [2.75, 3.05) is 23.7 Å².